The number of hydrogen-bond donors (Lipinski definition) is 0. The van der Waals surface area contributed by atoms with Crippen molar-refractivity contribution in [1.82, 2.24) is 20.0 Å². The molecule has 0 radical (unpaired) electrons. The minimum atomic E-state index is -0.580. The zero-order chi connectivity index (χ0) is 28.8. The van der Waals surface area contributed by atoms with Crippen molar-refractivity contribution in [2.24, 2.45) is 0 Å². The van der Waals surface area contributed by atoms with Gasteiger partial charge in [-0.3, -0.25) is 9.59 Å². The normalized spacial score (nSPS) is 14.0. The summed E-state index contributed by atoms with van der Waals surface area (Å²) in [5.41, 5.74) is 4.10. The second-order valence-corrected chi connectivity index (χ2v) is 10.3. The van der Waals surface area contributed by atoms with Crippen LogP contribution in [0.4, 0.5) is 10.2 Å². The van der Waals surface area contributed by atoms with E-state index in [9.17, 15) is 14.0 Å². The van der Waals surface area contributed by atoms with Crippen molar-refractivity contribution in [3.63, 3.8) is 0 Å². The number of anilines is 1. The summed E-state index contributed by atoms with van der Waals surface area (Å²) in [5, 5.41) is 8.92. The van der Waals surface area contributed by atoms with E-state index in [4.69, 9.17) is 0 Å². The molecule has 4 aromatic rings. The minimum Gasteiger partial charge on any atom is -0.352 e. The van der Waals surface area contributed by atoms with E-state index in [0.29, 0.717) is 32.6 Å². The molecule has 0 bridgehead atoms. The molecule has 1 unspecified atom stereocenters. The molecular weight excluding hydrogens is 517 g/mol. The molecule has 0 aliphatic carbocycles. The van der Waals surface area contributed by atoms with E-state index in [1.807, 2.05) is 44.2 Å². The Morgan fingerprint density at radius 3 is 2.07 bits per heavy atom. The maximum Gasteiger partial charge on any atom is 0.257 e. The number of benzene rings is 3. The number of hydrogen-bond acceptors (Lipinski definition) is 5. The molecule has 3 aromatic carbocycles. The van der Waals surface area contributed by atoms with Crippen molar-refractivity contribution in [2.75, 3.05) is 37.6 Å². The number of carbonyl (C=O) groups is 2. The van der Waals surface area contributed by atoms with Gasteiger partial charge in [0.05, 0.1) is 11.3 Å². The van der Waals surface area contributed by atoms with Gasteiger partial charge in [0.1, 0.15) is 12.4 Å². The van der Waals surface area contributed by atoms with Crippen molar-refractivity contribution >= 4 is 17.6 Å². The van der Waals surface area contributed by atoms with Crippen LogP contribution in [0.1, 0.15) is 30.6 Å². The maximum absolute atomic E-state index is 14.3. The Morgan fingerprint density at radius 1 is 0.805 bits per heavy atom. The summed E-state index contributed by atoms with van der Waals surface area (Å²) in [4.78, 5) is 31.7. The lowest BCUT2D eigenvalue weighted by Crippen LogP contribution is -2.53. The summed E-state index contributed by atoms with van der Waals surface area (Å²) < 4.78 is 14.3. The van der Waals surface area contributed by atoms with Crippen LogP contribution < -0.4 is 4.90 Å². The van der Waals surface area contributed by atoms with E-state index in [-0.39, 0.29) is 24.1 Å². The molecule has 1 fully saturated rings. The molecule has 2 amide bonds. The van der Waals surface area contributed by atoms with Crippen LogP contribution in [0, 0.1) is 5.82 Å². The molecule has 41 heavy (non-hydrogen) atoms. The molecule has 0 saturated carbocycles. The molecule has 1 atom stereocenters. The predicted molar refractivity (Wildman–Crippen MR) is 159 cm³/mol. The summed E-state index contributed by atoms with van der Waals surface area (Å²) >= 11 is 0. The van der Waals surface area contributed by atoms with Crippen molar-refractivity contribution in [3.8, 4) is 22.4 Å². The molecule has 1 aromatic heterocycles. The van der Waals surface area contributed by atoms with Crippen LogP contribution in [0.15, 0.2) is 91.0 Å². The molecule has 210 valence electrons. The van der Waals surface area contributed by atoms with Crippen LogP contribution in [-0.4, -0.2) is 70.6 Å². The monoisotopic (exact) mass is 551 g/mol. The number of carbonyl (C=O) groups excluding carboxylic acids is 2. The van der Waals surface area contributed by atoms with Crippen LogP contribution in [-0.2, 0) is 4.79 Å². The highest BCUT2D eigenvalue weighted by molar-refractivity contribution is 5.97. The van der Waals surface area contributed by atoms with Crippen LogP contribution in [0.3, 0.4) is 0 Å². The second-order valence-electron chi connectivity index (χ2n) is 10.3. The third-order valence-electron chi connectivity index (χ3n) is 7.69. The summed E-state index contributed by atoms with van der Waals surface area (Å²) in [7, 11) is 0. The molecule has 7 nitrogen and oxygen atoms in total. The molecule has 1 saturated heterocycles. The van der Waals surface area contributed by atoms with E-state index >= 15 is 0 Å². The Kier molecular flexibility index (Phi) is 8.67. The van der Waals surface area contributed by atoms with Crippen LogP contribution in [0.25, 0.3) is 22.4 Å². The van der Waals surface area contributed by atoms with E-state index in [2.05, 4.69) is 51.5 Å². The first kappa shape index (κ1) is 28.0. The first-order valence-corrected chi connectivity index (χ1v) is 14.0. The molecule has 8 heteroatoms. The third-order valence-corrected chi connectivity index (χ3v) is 7.69. The Labute approximate surface area is 240 Å². The molecular formula is C33H34FN5O2. The highest BCUT2D eigenvalue weighted by Gasteiger charge is 2.29. The van der Waals surface area contributed by atoms with Crippen molar-refractivity contribution in [1.29, 1.82) is 0 Å². The summed E-state index contributed by atoms with van der Waals surface area (Å²) in [5.74, 6) is -0.426. The van der Waals surface area contributed by atoms with Crippen LogP contribution in [0.5, 0.6) is 0 Å². The maximum atomic E-state index is 14.3. The SMILES string of the molecule is CCC(C)N(CC(=O)N1CCN(c2ccc(-c3ccc(-c4ccccc4)cc3)nn2)CC1)C(=O)c1ccccc1F. The van der Waals surface area contributed by atoms with E-state index in [1.54, 1.807) is 17.0 Å². The third kappa shape index (κ3) is 6.43. The predicted octanol–water partition coefficient (Wildman–Crippen LogP) is 5.54. The van der Waals surface area contributed by atoms with Gasteiger partial charge in [-0.25, -0.2) is 4.39 Å². The molecule has 0 spiro atoms. The lowest BCUT2D eigenvalue weighted by molar-refractivity contribution is -0.132. The van der Waals surface area contributed by atoms with Gasteiger partial charge in [0.2, 0.25) is 5.91 Å². The van der Waals surface area contributed by atoms with Gasteiger partial charge in [0.15, 0.2) is 5.82 Å². The number of aromatic nitrogens is 2. The van der Waals surface area contributed by atoms with Crippen LogP contribution in [0.2, 0.25) is 0 Å². The zero-order valence-electron chi connectivity index (χ0n) is 23.4. The second kappa shape index (κ2) is 12.7. The van der Waals surface area contributed by atoms with Crippen molar-refractivity contribution in [2.45, 2.75) is 26.3 Å². The lowest BCUT2D eigenvalue weighted by Gasteiger charge is -2.37. The number of halogens is 1. The Bertz CT molecular complexity index is 1470. The fourth-order valence-corrected chi connectivity index (χ4v) is 4.98. The van der Waals surface area contributed by atoms with E-state index in [0.717, 1.165) is 22.6 Å². The molecule has 0 N–H and O–H groups in total. The van der Waals surface area contributed by atoms with Gasteiger partial charge in [-0.15, -0.1) is 10.2 Å². The Hall–Kier alpha value is -4.59. The fraction of sp³-hybridized carbons (Fsp3) is 0.273. The first-order chi connectivity index (χ1) is 19.9. The lowest BCUT2D eigenvalue weighted by atomic mass is 10.0. The molecule has 1 aliphatic heterocycles. The number of nitrogens with zero attached hydrogens (tertiary/aromatic N) is 5. The Balaban J connectivity index is 1.18. The Morgan fingerprint density at radius 2 is 1.44 bits per heavy atom. The van der Waals surface area contributed by atoms with E-state index in [1.165, 1.54) is 22.6 Å². The van der Waals surface area contributed by atoms with Crippen molar-refractivity contribution in [3.05, 3.63) is 102 Å². The minimum absolute atomic E-state index is 0.0143. The fourth-order valence-electron chi connectivity index (χ4n) is 4.98. The smallest absolute Gasteiger partial charge is 0.257 e. The summed E-state index contributed by atoms with van der Waals surface area (Å²) in [6, 6.07) is 28.1. The molecule has 5 rings (SSSR count). The number of piperazine rings is 1. The average Bonchev–Trinajstić information content (AvgIpc) is 3.04. The quantitative estimate of drug-likeness (QED) is 0.288. The number of amides is 2. The highest BCUT2D eigenvalue weighted by Crippen LogP contribution is 2.24. The van der Waals surface area contributed by atoms with Gasteiger partial charge in [-0.1, -0.05) is 73.7 Å². The summed E-state index contributed by atoms with van der Waals surface area (Å²) in [6.07, 6.45) is 0.660. The first-order valence-electron chi connectivity index (χ1n) is 14.0. The highest BCUT2D eigenvalue weighted by atomic mass is 19.1. The van der Waals surface area contributed by atoms with Crippen LogP contribution >= 0.6 is 0 Å². The van der Waals surface area contributed by atoms with Gasteiger partial charge >= 0.3 is 0 Å². The number of rotatable bonds is 8. The standard InChI is InChI=1S/C33H34FN5O2/c1-3-24(2)39(33(41)28-11-7-8-12-29(28)34)23-32(40)38-21-19-37(20-22-38)31-18-17-30(35-36-31)27-15-13-26(14-16-27)25-9-5-4-6-10-25/h4-18,24H,3,19-23H2,1-2H3. The van der Waals surface area contributed by atoms with E-state index < -0.39 is 11.7 Å². The largest absolute Gasteiger partial charge is 0.352 e. The van der Waals surface area contributed by atoms with Gasteiger partial charge in [-0.05, 0) is 48.7 Å². The van der Waals surface area contributed by atoms with Crippen molar-refractivity contribution < 1.29 is 14.0 Å². The van der Waals surface area contributed by atoms with Gasteiger partial charge in [0.25, 0.3) is 5.91 Å². The van der Waals surface area contributed by atoms with Gasteiger partial charge in [-0.2, -0.15) is 0 Å². The molecule has 2 heterocycles. The molecule has 1 aliphatic rings. The van der Waals surface area contributed by atoms with Gasteiger partial charge in [0, 0.05) is 37.8 Å². The topological polar surface area (TPSA) is 69.6 Å². The zero-order valence-corrected chi connectivity index (χ0v) is 23.4. The van der Waals surface area contributed by atoms with Gasteiger partial charge < -0.3 is 14.7 Å². The average molecular weight is 552 g/mol. The summed E-state index contributed by atoms with van der Waals surface area (Å²) in [6.45, 7) is 5.97.